The van der Waals surface area contributed by atoms with E-state index in [1.165, 1.54) is 298 Å². The van der Waals surface area contributed by atoms with Gasteiger partial charge in [-0.2, -0.15) is 0 Å². The quantitative estimate of drug-likeness (QED) is 0.115. The first kappa shape index (κ1) is 83.7. The van der Waals surface area contributed by atoms with Gasteiger partial charge in [0.25, 0.3) is 0 Å². The third-order valence-electron chi connectivity index (χ3n) is 32.6. The lowest BCUT2D eigenvalue weighted by Gasteiger charge is -2.33. The van der Waals surface area contributed by atoms with E-state index in [-0.39, 0.29) is 20.5 Å². The highest BCUT2D eigenvalue weighted by Gasteiger charge is 2.45. The van der Waals surface area contributed by atoms with Crippen LogP contribution in [0, 0.1) is 0 Å². The molecule has 0 N–H and O–H groups in total. The molecule has 0 unspecified atom stereocenters. The Labute approximate surface area is 859 Å². The molecule has 6 aliphatic heterocycles. The SMILES string of the molecule is c1ccc(-c2cc3c4c(c2)c2cc(-c5ccccc5)cc5c2n4B(c2ccccc2-3)c2cc(-c3ccc4ccccc4c3)ccc2-5)cc1.c1ccc(-c2ccc(-c3ccc4c(c3)B3c5ccccc5-c5cc(-c6ccccc6)cc6c7cc(-c8ccccc8)cc-4c7n3c56)cc2)cc1.c1ccc(-c2cccc(-c3ccc4c(c3)B3c5ccccc5-c5cc(-c6ccccc6)cc6c7cc(-c8ccccc8)cc-4c7n3c56)c2)cc1. The standard InChI is InChI=1S/2C48H30BN.C46H28BN/c1-4-13-31(14-5-1)34-19-12-20-35(25-34)36-23-24-40-42-27-38(33-17-8-3-9-18-33)29-44-43-28-37(32-15-6-2-7-16-32)26-41-39-21-10-11-22-45(39)49(46(40)30-36)50(47(41)43)48(42)44;1-4-12-31(13-5-1)34-20-22-35(23-21-34)36-24-25-40-42-27-38(33-16-8-3-9-17-33)29-44-43-28-37(32-14-6-2-7-15-32)26-41-39-18-10-11-19-45(39)49(46(40)30-36)50(47(41)43)48(42)44;1-3-11-29(12-4-1)35-24-39-37-17-9-10-18-43(37)47-44-28-34(33-20-19-31-15-7-8-16-32(31)23-33)21-22-38(44)40-25-36(30-13-5-2-6-14-30)27-42-41(26-35)45(39)48(47)46(40)42/h2*1-30H;1-28H. The van der Waals surface area contributed by atoms with Crippen LogP contribution < -0.4 is 32.8 Å². The molecular weight excluding hydrogens is 1780 g/mol. The van der Waals surface area contributed by atoms with E-state index in [1.807, 2.05) is 0 Å². The van der Waals surface area contributed by atoms with E-state index in [0.717, 1.165) is 0 Å². The molecular formula is C142H88B3N3. The molecule has 27 aromatic rings. The van der Waals surface area contributed by atoms with Crippen LogP contribution >= 0.6 is 0 Å². The Balaban J connectivity index is 0.000000100. The molecule has 3 aromatic heterocycles. The molecule has 33 rings (SSSR count). The van der Waals surface area contributed by atoms with Crippen LogP contribution in [-0.2, 0) is 0 Å². The fraction of sp³-hybridized carbons (Fsp3) is 0. The maximum atomic E-state index is 2.67. The predicted molar refractivity (Wildman–Crippen MR) is 630 cm³/mol. The minimum Gasteiger partial charge on any atom is -0.375 e. The van der Waals surface area contributed by atoms with Crippen molar-refractivity contribution in [3.63, 3.8) is 0 Å². The molecule has 0 bridgehead atoms. The van der Waals surface area contributed by atoms with Crippen molar-refractivity contribution in [2.24, 2.45) is 0 Å². The first-order valence-corrected chi connectivity index (χ1v) is 51.7. The van der Waals surface area contributed by atoms with Crippen molar-refractivity contribution in [2.45, 2.75) is 0 Å². The lowest BCUT2D eigenvalue weighted by atomic mass is 9.45. The second-order valence-electron chi connectivity index (χ2n) is 40.7. The van der Waals surface area contributed by atoms with E-state index in [2.05, 4.69) is 547 Å². The van der Waals surface area contributed by atoms with Gasteiger partial charge in [-0.05, 0) is 284 Å². The number of hydrogen-bond donors (Lipinski definition) is 0. The van der Waals surface area contributed by atoms with Crippen LogP contribution in [0.15, 0.2) is 534 Å². The Bertz CT molecular complexity index is 10200. The molecule has 6 heteroatoms. The number of aromatic nitrogens is 3. The van der Waals surface area contributed by atoms with Gasteiger partial charge in [0.15, 0.2) is 0 Å². The molecule has 148 heavy (non-hydrogen) atoms. The molecule has 0 saturated heterocycles. The first-order valence-electron chi connectivity index (χ1n) is 51.7. The third kappa shape index (κ3) is 13.1. The summed E-state index contributed by atoms with van der Waals surface area (Å²) < 4.78 is 8.02. The Morgan fingerprint density at radius 2 is 0.291 bits per heavy atom. The molecule has 0 spiro atoms. The van der Waals surface area contributed by atoms with Gasteiger partial charge >= 0.3 is 20.5 Å². The van der Waals surface area contributed by atoms with E-state index < -0.39 is 0 Å². The van der Waals surface area contributed by atoms with Crippen LogP contribution in [0.2, 0.25) is 0 Å². The highest BCUT2D eigenvalue weighted by molar-refractivity contribution is 6.90. The van der Waals surface area contributed by atoms with Crippen LogP contribution in [-0.4, -0.2) is 34.0 Å². The first-order chi connectivity index (χ1) is 73.4. The van der Waals surface area contributed by atoms with Gasteiger partial charge < -0.3 is 13.4 Å². The highest BCUT2D eigenvalue weighted by Crippen LogP contribution is 2.54. The second-order valence-corrected chi connectivity index (χ2v) is 40.7. The molecule has 0 amide bonds. The summed E-state index contributed by atoms with van der Waals surface area (Å²) in [6.07, 6.45) is 0. The average Bonchev–Trinajstić information content (AvgIpc) is 1.52. The summed E-state index contributed by atoms with van der Waals surface area (Å²) in [7, 11) is 0. The minimum atomic E-state index is 0.0728. The summed E-state index contributed by atoms with van der Waals surface area (Å²) in [4.78, 5) is 0. The molecule has 0 saturated carbocycles. The zero-order valence-corrected chi connectivity index (χ0v) is 80.9. The van der Waals surface area contributed by atoms with Gasteiger partial charge in [-0.1, -0.05) is 449 Å². The smallest absolute Gasteiger partial charge is 0.329 e. The monoisotopic (exact) mass is 1870 g/mol. The molecule has 680 valence electrons. The fourth-order valence-corrected chi connectivity index (χ4v) is 26.0. The Morgan fingerprint density at radius 3 is 0.588 bits per heavy atom. The highest BCUT2D eigenvalue weighted by atomic mass is 15.0. The Morgan fingerprint density at radius 1 is 0.101 bits per heavy atom. The molecule has 0 aliphatic carbocycles. The summed E-state index contributed by atoms with van der Waals surface area (Å²) >= 11 is 0. The zero-order valence-electron chi connectivity index (χ0n) is 80.9. The van der Waals surface area contributed by atoms with Gasteiger partial charge in [0, 0.05) is 98.8 Å². The van der Waals surface area contributed by atoms with Gasteiger partial charge in [0.05, 0.1) is 0 Å². The van der Waals surface area contributed by atoms with Crippen molar-refractivity contribution >= 4 is 130 Å². The summed E-state index contributed by atoms with van der Waals surface area (Å²) in [6.45, 7) is 0.236. The lowest BCUT2D eigenvalue weighted by molar-refractivity contribution is 1.31. The topological polar surface area (TPSA) is 14.8 Å². The largest absolute Gasteiger partial charge is 0.375 e. The summed E-state index contributed by atoms with van der Waals surface area (Å²) in [5.41, 5.74) is 59.3. The molecule has 9 heterocycles. The molecule has 0 radical (unpaired) electrons. The number of rotatable bonds is 11. The van der Waals surface area contributed by atoms with Gasteiger partial charge in [-0.15, -0.1) is 0 Å². The molecule has 3 nitrogen and oxygen atoms in total. The van der Waals surface area contributed by atoms with E-state index in [0.29, 0.717) is 0 Å². The van der Waals surface area contributed by atoms with E-state index in [4.69, 9.17) is 0 Å². The maximum Gasteiger partial charge on any atom is 0.329 e. The van der Waals surface area contributed by atoms with Crippen LogP contribution in [0.5, 0.6) is 0 Å². The van der Waals surface area contributed by atoms with Gasteiger partial charge in [0.2, 0.25) is 0 Å². The molecule has 0 atom stereocenters. The molecule has 6 aliphatic rings. The van der Waals surface area contributed by atoms with Crippen molar-refractivity contribution in [3.8, 4) is 189 Å². The van der Waals surface area contributed by atoms with Gasteiger partial charge in [-0.25, -0.2) is 0 Å². The molecule has 0 fully saturated rings. The predicted octanol–water partition coefficient (Wildman–Crippen LogP) is 32.7. The minimum absolute atomic E-state index is 0.0728. The summed E-state index contributed by atoms with van der Waals surface area (Å²) in [5, 5.41) is 10.5. The van der Waals surface area contributed by atoms with Crippen molar-refractivity contribution in [3.05, 3.63) is 534 Å². The maximum absolute atomic E-state index is 2.67. The number of benzene rings is 24. The average molecular weight is 1870 g/mol. The van der Waals surface area contributed by atoms with Crippen LogP contribution in [0.1, 0.15) is 0 Å². The fourth-order valence-electron chi connectivity index (χ4n) is 26.0. The lowest BCUT2D eigenvalue weighted by Crippen LogP contribution is -2.53. The Hall–Kier alpha value is -18.9. The van der Waals surface area contributed by atoms with Crippen molar-refractivity contribution < 1.29 is 0 Å². The van der Waals surface area contributed by atoms with Gasteiger partial charge in [0.1, 0.15) is 0 Å². The molecule has 24 aromatic carbocycles. The van der Waals surface area contributed by atoms with Crippen LogP contribution in [0.25, 0.3) is 265 Å². The zero-order chi connectivity index (χ0) is 96.9. The number of nitrogens with zero attached hydrogens (tertiary/aromatic N) is 3. The van der Waals surface area contributed by atoms with Crippen molar-refractivity contribution in [1.82, 2.24) is 13.4 Å². The van der Waals surface area contributed by atoms with Gasteiger partial charge in [-0.3, -0.25) is 0 Å². The Kier molecular flexibility index (Phi) is 18.9. The normalized spacial score (nSPS) is 12.4. The number of hydrogen-bond acceptors (Lipinski definition) is 0. The van der Waals surface area contributed by atoms with Crippen LogP contribution in [0.4, 0.5) is 0 Å². The van der Waals surface area contributed by atoms with E-state index >= 15 is 0 Å². The summed E-state index contributed by atoms with van der Waals surface area (Å²) in [6, 6.07) is 198. The van der Waals surface area contributed by atoms with E-state index in [9.17, 15) is 0 Å². The van der Waals surface area contributed by atoms with E-state index in [1.54, 1.807) is 0 Å². The summed E-state index contributed by atoms with van der Waals surface area (Å²) in [5.74, 6) is 0. The van der Waals surface area contributed by atoms with Crippen molar-refractivity contribution in [2.75, 3.05) is 0 Å². The van der Waals surface area contributed by atoms with Crippen molar-refractivity contribution in [1.29, 1.82) is 0 Å². The van der Waals surface area contributed by atoms with Crippen LogP contribution in [0.3, 0.4) is 0 Å². The second kappa shape index (κ2) is 33.4. The third-order valence-corrected chi connectivity index (χ3v) is 32.6. The number of fused-ring (bicyclic) bond motifs is 22.